The average Bonchev–Trinajstić information content (AvgIpc) is 1.61. The molecule has 2 heteroatoms. The molecule has 0 heterocycles. The van der Waals surface area contributed by atoms with Gasteiger partial charge in [-0.05, 0) is 6.42 Å². The van der Waals surface area contributed by atoms with Crippen molar-refractivity contribution in [3.05, 3.63) is 0 Å². The van der Waals surface area contributed by atoms with Crippen LogP contribution in [0.5, 0.6) is 0 Å². The molecule has 0 radical (unpaired) electrons. The molecule has 0 saturated heterocycles. The summed E-state index contributed by atoms with van der Waals surface area (Å²) in [5.41, 5.74) is 4.82. The van der Waals surface area contributed by atoms with Gasteiger partial charge in [0.05, 0.1) is 0 Å². The van der Waals surface area contributed by atoms with E-state index in [2.05, 4.69) is 0 Å². The highest BCUT2D eigenvalue weighted by Gasteiger charge is 1.88. The third-order valence-corrected chi connectivity index (χ3v) is 0.679. The minimum Gasteiger partial charge on any atom is -0.370 e. The van der Waals surface area contributed by atoms with Crippen molar-refractivity contribution in [3.63, 3.8) is 0 Å². The van der Waals surface area contributed by atoms with Gasteiger partial charge in [-0.2, -0.15) is 0 Å². The van der Waals surface area contributed by atoms with Gasteiger partial charge in [0.15, 0.2) is 0 Å². The van der Waals surface area contributed by atoms with Crippen LogP contribution in [0.1, 0.15) is 27.5 Å². The maximum absolute atomic E-state index is 10.0. The van der Waals surface area contributed by atoms with E-state index in [-0.39, 0.29) is 12.3 Å². The van der Waals surface area contributed by atoms with Crippen LogP contribution >= 0.6 is 0 Å². The van der Waals surface area contributed by atoms with Crippen molar-refractivity contribution in [1.29, 1.82) is 0 Å². The van der Waals surface area contributed by atoms with E-state index in [1.165, 1.54) is 0 Å². The van der Waals surface area contributed by atoms with Crippen LogP contribution in [-0.4, -0.2) is 5.91 Å². The van der Waals surface area contributed by atoms with Crippen LogP contribution in [0, 0.1) is 0 Å². The topological polar surface area (TPSA) is 43.1 Å². The van der Waals surface area contributed by atoms with E-state index in [9.17, 15) is 4.79 Å². The molecule has 0 aromatic rings. The lowest BCUT2D eigenvalue weighted by atomic mass is 10.2. The Hall–Kier alpha value is -0.530. The van der Waals surface area contributed by atoms with Crippen molar-refractivity contribution in [2.45, 2.75) is 26.2 Å². The first-order valence-electron chi connectivity index (χ1n) is 2.91. The van der Waals surface area contributed by atoms with Gasteiger partial charge < -0.3 is 5.73 Å². The lowest BCUT2D eigenvalue weighted by Crippen LogP contribution is -2.09. The van der Waals surface area contributed by atoms with E-state index in [1.807, 2.05) is 0 Å². The van der Waals surface area contributed by atoms with Gasteiger partial charge >= 0.3 is 0 Å². The fraction of sp³-hybridized carbons (Fsp3) is 0.800. The first kappa shape index (κ1) is 4.62. The Kier molecular flexibility index (Phi) is 2.41. The van der Waals surface area contributed by atoms with E-state index in [4.69, 9.17) is 7.10 Å². The zero-order valence-corrected chi connectivity index (χ0v) is 4.48. The number of carbonyl (C=O) groups excluding carboxylic acids is 1. The highest BCUT2D eigenvalue weighted by molar-refractivity contribution is 5.73. The van der Waals surface area contributed by atoms with Crippen LogP contribution in [0.4, 0.5) is 0 Å². The molecule has 0 spiro atoms. The Morgan fingerprint density at radius 1 is 2.00 bits per heavy atom. The Balaban J connectivity index is 3.05. The molecule has 0 fully saturated rings. The normalized spacial score (nSPS) is 15.3. The van der Waals surface area contributed by atoms with E-state index in [0.717, 1.165) is 0 Å². The van der Waals surface area contributed by atoms with Gasteiger partial charge in [-0.25, -0.2) is 0 Å². The second-order valence-corrected chi connectivity index (χ2v) is 1.41. The summed E-state index contributed by atoms with van der Waals surface area (Å²) in [6.07, 6.45) is 0.752. The summed E-state index contributed by atoms with van der Waals surface area (Å²) in [4.78, 5) is 10.0. The summed E-state index contributed by atoms with van der Waals surface area (Å²) in [6.45, 7) is 1.74. The molecule has 42 valence electrons. The summed E-state index contributed by atoms with van der Waals surface area (Å²) in [5, 5.41) is 0. The predicted molar refractivity (Wildman–Crippen MR) is 28.7 cm³/mol. The molecule has 2 nitrogen and oxygen atoms in total. The zero-order valence-electron chi connectivity index (χ0n) is 5.48. The molecule has 0 rings (SSSR count). The third-order valence-electron chi connectivity index (χ3n) is 0.679. The van der Waals surface area contributed by atoms with Crippen molar-refractivity contribution < 1.29 is 6.17 Å². The number of hydrogen-bond acceptors (Lipinski definition) is 1. The van der Waals surface area contributed by atoms with Crippen molar-refractivity contribution in [3.8, 4) is 0 Å². The molecule has 0 aliphatic heterocycles. The number of hydrogen-bond donors (Lipinski definition) is 1. The monoisotopic (exact) mass is 102 g/mol. The molecule has 1 unspecified atom stereocenters. The van der Waals surface area contributed by atoms with Crippen LogP contribution in [0.25, 0.3) is 0 Å². The highest BCUT2D eigenvalue weighted by atomic mass is 16.1. The van der Waals surface area contributed by atoms with Crippen molar-refractivity contribution in [2.24, 2.45) is 5.73 Å². The van der Waals surface area contributed by atoms with Gasteiger partial charge in [0.25, 0.3) is 0 Å². The van der Waals surface area contributed by atoms with Crippen molar-refractivity contribution in [1.82, 2.24) is 0 Å². The van der Waals surface area contributed by atoms with Gasteiger partial charge in [0.1, 0.15) is 0 Å². The SMILES string of the molecule is [2H]C(C)CCC(N)=O. The van der Waals surface area contributed by atoms with E-state index in [1.54, 1.807) is 6.92 Å². The average molecular weight is 102 g/mol. The van der Waals surface area contributed by atoms with Crippen molar-refractivity contribution in [2.75, 3.05) is 0 Å². The Morgan fingerprint density at radius 2 is 2.57 bits per heavy atom. The van der Waals surface area contributed by atoms with Gasteiger partial charge in [0.2, 0.25) is 5.91 Å². The molecule has 0 bridgehead atoms. The Bertz CT molecular complexity index is 82.5. The highest BCUT2D eigenvalue weighted by Crippen LogP contribution is 1.89. The number of primary amides is 1. The zero-order chi connectivity index (χ0) is 6.57. The first-order chi connectivity index (χ1) is 3.63. The second kappa shape index (κ2) is 3.65. The molecule has 1 amide bonds. The Morgan fingerprint density at radius 3 is 2.71 bits per heavy atom. The predicted octanol–water partition coefficient (Wildman–Crippen LogP) is 0.662. The number of carbonyl (C=O) groups is 1. The Labute approximate surface area is 45.1 Å². The minimum atomic E-state index is -0.316. The largest absolute Gasteiger partial charge is 0.370 e. The minimum absolute atomic E-state index is 0.164. The molecular formula is C5H11NO. The summed E-state index contributed by atoms with van der Waals surface area (Å²) in [6, 6.07) is 0. The van der Waals surface area contributed by atoms with Gasteiger partial charge in [0, 0.05) is 7.79 Å². The molecule has 0 aliphatic carbocycles. The second-order valence-electron chi connectivity index (χ2n) is 1.41. The standard InChI is InChI=1S/C5H11NO/c1-2-3-4-5(6)7/h2-4H2,1H3,(H2,6,7)/i2D. The molecule has 0 aliphatic rings. The summed E-state index contributed by atoms with van der Waals surface area (Å²) >= 11 is 0. The quantitative estimate of drug-likeness (QED) is 0.559. The molecule has 1 atom stereocenters. The lowest BCUT2D eigenvalue weighted by molar-refractivity contribution is -0.118. The van der Waals surface area contributed by atoms with Gasteiger partial charge in [-0.15, -0.1) is 0 Å². The van der Waals surface area contributed by atoms with E-state index in [0.29, 0.717) is 12.8 Å². The van der Waals surface area contributed by atoms with Gasteiger partial charge in [-0.1, -0.05) is 13.3 Å². The number of nitrogens with two attached hydrogens (primary N) is 1. The smallest absolute Gasteiger partial charge is 0.217 e. The molecule has 0 saturated carbocycles. The number of amides is 1. The first-order valence-corrected chi connectivity index (χ1v) is 2.33. The fourth-order valence-electron chi connectivity index (χ4n) is 0.287. The van der Waals surface area contributed by atoms with Gasteiger partial charge in [-0.3, -0.25) is 4.79 Å². The molecular weight excluding hydrogens is 90.1 g/mol. The van der Waals surface area contributed by atoms with Crippen LogP contribution in [0.15, 0.2) is 0 Å². The fourth-order valence-corrected chi connectivity index (χ4v) is 0.287. The van der Waals surface area contributed by atoms with Crippen LogP contribution in [0.2, 0.25) is 0 Å². The van der Waals surface area contributed by atoms with Crippen molar-refractivity contribution >= 4 is 5.91 Å². The van der Waals surface area contributed by atoms with Crippen LogP contribution < -0.4 is 5.73 Å². The van der Waals surface area contributed by atoms with Crippen LogP contribution in [0.3, 0.4) is 0 Å². The lowest BCUT2D eigenvalue weighted by Gasteiger charge is -1.86. The van der Waals surface area contributed by atoms with E-state index >= 15 is 0 Å². The van der Waals surface area contributed by atoms with E-state index < -0.39 is 0 Å². The third kappa shape index (κ3) is 5.47. The number of rotatable bonds is 3. The summed E-state index contributed by atoms with van der Waals surface area (Å²) < 4.78 is 6.96. The summed E-state index contributed by atoms with van der Waals surface area (Å²) in [7, 11) is 0. The maximum atomic E-state index is 10.0. The summed E-state index contributed by atoms with van der Waals surface area (Å²) in [5.74, 6) is -0.316. The molecule has 2 N–H and O–H groups in total. The molecule has 0 aromatic heterocycles. The van der Waals surface area contributed by atoms with Crippen LogP contribution in [-0.2, 0) is 4.79 Å². The molecule has 7 heavy (non-hydrogen) atoms. The molecule has 0 aromatic carbocycles. The maximum Gasteiger partial charge on any atom is 0.217 e.